The molecule has 0 radical (unpaired) electrons. The summed E-state index contributed by atoms with van der Waals surface area (Å²) in [6, 6.07) is 63.9. The number of fused-ring (bicyclic) bond motifs is 5. The molecule has 0 saturated carbocycles. The fraction of sp³-hybridized carbons (Fsp3) is 0.0667. The van der Waals surface area contributed by atoms with Crippen molar-refractivity contribution < 1.29 is 4.74 Å². The van der Waals surface area contributed by atoms with E-state index in [-0.39, 0.29) is 5.41 Å². The minimum atomic E-state index is -0.547. The summed E-state index contributed by atoms with van der Waals surface area (Å²) in [5, 5.41) is 0. The molecule has 0 amide bonds. The van der Waals surface area contributed by atoms with Gasteiger partial charge in [-0.2, -0.15) is 0 Å². The first-order valence-electron chi connectivity index (χ1n) is 16.0. The Hall–Kier alpha value is -5.66. The van der Waals surface area contributed by atoms with Crippen LogP contribution in [0.5, 0.6) is 11.5 Å². The van der Waals surface area contributed by atoms with Crippen molar-refractivity contribution in [1.82, 2.24) is 0 Å². The van der Waals surface area contributed by atoms with Crippen molar-refractivity contribution in [1.29, 1.82) is 0 Å². The number of benzene rings is 7. The van der Waals surface area contributed by atoms with E-state index in [2.05, 4.69) is 183 Å². The van der Waals surface area contributed by atoms with Crippen molar-refractivity contribution in [3.63, 3.8) is 0 Å². The Morgan fingerprint density at radius 2 is 0.848 bits per heavy atom. The second-order valence-corrected chi connectivity index (χ2v) is 12.6. The van der Waals surface area contributed by atoms with Gasteiger partial charge in [-0.25, -0.2) is 0 Å². The fourth-order valence-electron chi connectivity index (χ4n) is 8.14. The van der Waals surface area contributed by atoms with Crippen LogP contribution in [0.4, 0.5) is 0 Å². The first-order chi connectivity index (χ1) is 22.7. The van der Waals surface area contributed by atoms with Crippen molar-refractivity contribution in [2.75, 3.05) is 0 Å². The summed E-state index contributed by atoms with van der Waals surface area (Å²) in [5.74, 6) is 1.78. The molecule has 46 heavy (non-hydrogen) atoms. The molecule has 1 nitrogen and oxygen atoms in total. The normalized spacial score (nSPS) is 16.8. The van der Waals surface area contributed by atoms with Gasteiger partial charge in [0.15, 0.2) is 0 Å². The summed E-state index contributed by atoms with van der Waals surface area (Å²) >= 11 is 0. The van der Waals surface area contributed by atoms with E-state index in [0.717, 1.165) is 22.6 Å². The van der Waals surface area contributed by atoms with Crippen LogP contribution in [0.2, 0.25) is 0 Å². The highest BCUT2D eigenvalue weighted by Gasteiger charge is 2.45. The molecule has 0 spiro atoms. The minimum absolute atomic E-state index is 0.253. The molecule has 1 aliphatic heterocycles. The number of ether oxygens (including phenoxy) is 1. The molecule has 0 N–H and O–H groups in total. The van der Waals surface area contributed by atoms with Gasteiger partial charge in [-0.05, 0) is 81.3 Å². The summed E-state index contributed by atoms with van der Waals surface area (Å²) in [4.78, 5) is 0. The molecule has 0 bridgehead atoms. The van der Waals surface area contributed by atoms with E-state index in [1.807, 2.05) is 0 Å². The van der Waals surface area contributed by atoms with Crippen molar-refractivity contribution in [2.24, 2.45) is 0 Å². The molecular weight excluding hydrogens is 556 g/mol. The van der Waals surface area contributed by atoms with Crippen LogP contribution in [0.25, 0.3) is 22.3 Å². The molecule has 218 valence electrons. The zero-order chi connectivity index (χ0) is 30.7. The largest absolute Gasteiger partial charge is 0.457 e. The van der Waals surface area contributed by atoms with E-state index in [1.165, 1.54) is 50.1 Å². The summed E-state index contributed by atoms with van der Waals surface area (Å²) in [6.45, 7) is 2.38. The van der Waals surface area contributed by atoms with Gasteiger partial charge < -0.3 is 4.74 Å². The maximum Gasteiger partial charge on any atom is 0.132 e. The van der Waals surface area contributed by atoms with Gasteiger partial charge in [-0.3, -0.25) is 0 Å². The molecular formula is C45H32O. The lowest BCUT2D eigenvalue weighted by Gasteiger charge is -2.41. The molecule has 7 aromatic rings. The minimum Gasteiger partial charge on any atom is -0.457 e. The van der Waals surface area contributed by atoms with Crippen LogP contribution in [0.1, 0.15) is 45.9 Å². The monoisotopic (exact) mass is 588 g/mol. The highest BCUT2D eigenvalue weighted by atomic mass is 16.5. The molecule has 1 heterocycles. The Bertz CT molecular complexity index is 2190. The third-order valence-electron chi connectivity index (χ3n) is 10.3. The third-order valence-corrected chi connectivity index (χ3v) is 10.3. The maximum atomic E-state index is 6.67. The average Bonchev–Trinajstić information content (AvgIpc) is 3.40. The van der Waals surface area contributed by atoms with E-state index in [9.17, 15) is 0 Å². The molecule has 1 unspecified atom stereocenters. The number of hydrogen-bond acceptors (Lipinski definition) is 1. The predicted molar refractivity (Wildman–Crippen MR) is 188 cm³/mol. The topological polar surface area (TPSA) is 9.23 Å². The SMILES string of the molecule is CC1(c2ccccc2)c2ccccc2-c2ccc(-c3ccc4c(c3)C(c3ccccc3)(c3ccccc3)c3ccccc3O4)cc21. The summed E-state index contributed by atoms with van der Waals surface area (Å²) in [7, 11) is 0. The summed E-state index contributed by atoms with van der Waals surface area (Å²) < 4.78 is 6.67. The zero-order valence-electron chi connectivity index (χ0n) is 25.7. The van der Waals surface area contributed by atoms with Crippen LogP contribution in [-0.2, 0) is 10.8 Å². The van der Waals surface area contributed by atoms with Gasteiger partial charge in [-0.1, -0.05) is 152 Å². The van der Waals surface area contributed by atoms with Crippen molar-refractivity contribution in [3.05, 3.63) is 215 Å². The van der Waals surface area contributed by atoms with E-state index in [4.69, 9.17) is 4.74 Å². The Morgan fingerprint density at radius 3 is 1.52 bits per heavy atom. The van der Waals surface area contributed by atoms with Crippen LogP contribution in [0, 0.1) is 0 Å². The Balaban J connectivity index is 1.29. The quantitative estimate of drug-likeness (QED) is 0.199. The standard InChI is InChI=1S/C45H32O/c1-44(33-15-5-2-6-16-33)38-22-12-11-21-36(38)37-27-25-31(29-40(37)44)32-26-28-43-41(30-32)45(34-17-7-3-8-18-34,35-19-9-4-10-20-35)39-23-13-14-24-42(39)46-43/h2-30H,1H3. The highest BCUT2D eigenvalue weighted by molar-refractivity contribution is 5.86. The Kier molecular flexibility index (Phi) is 5.92. The second-order valence-electron chi connectivity index (χ2n) is 12.6. The van der Waals surface area contributed by atoms with Gasteiger partial charge in [0, 0.05) is 16.5 Å². The van der Waals surface area contributed by atoms with E-state index in [1.54, 1.807) is 0 Å². The molecule has 9 rings (SSSR count). The fourth-order valence-corrected chi connectivity index (χ4v) is 8.14. The molecule has 0 aromatic heterocycles. The van der Waals surface area contributed by atoms with E-state index < -0.39 is 5.41 Å². The maximum absolute atomic E-state index is 6.67. The van der Waals surface area contributed by atoms with Crippen LogP contribution in [0.3, 0.4) is 0 Å². The summed E-state index contributed by atoms with van der Waals surface area (Å²) in [6.07, 6.45) is 0. The number of hydrogen-bond donors (Lipinski definition) is 0. The lowest BCUT2D eigenvalue weighted by atomic mass is 9.63. The van der Waals surface area contributed by atoms with Crippen molar-refractivity contribution >= 4 is 0 Å². The van der Waals surface area contributed by atoms with Gasteiger partial charge in [0.05, 0.1) is 5.41 Å². The summed E-state index contributed by atoms with van der Waals surface area (Å²) in [5.41, 5.74) is 12.9. The van der Waals surface area contributed by atoms with Crippen LogP contribution >= 0.6 is 0 Å². The van der Waals surface area contributed by atoms with Gasteiger partial charge >= 0.3 is 0 Å². The molecule has 0 fully saturated rings. The van der Waals surface area contributed by atoms with E-state index in [0.29, 0.717) is 0 Å². The molecule has 0 saturated heterocycles. The van der Waals surface area contributed by atoms with Gasteiger partial charge in [0.2, 0.25) is 0 Å². The zero-order valence-corrected chi connectivity index (χ0v) is 25.7. The molecule has 1 aliphatic carbocycles. The third kappa shape index (κ3) is 3.69. The molecule has 1 atom stereocenters. The first-order valence-corrected chi connectivity index (χ1v) is 16.0. The van der Waals surface area contributed by atoms with Gasteiger partial charge in [0.25, 0.3) is 0 Å². The lowest BCUT2D eigenvalue weighted by molar-refractivity contribution is 0.434. The molecule has 7 aromatic carbocycles. The number of para-hydroxylation sites is 1. The van der Waals surface area contributed by atoms with Crippen LogP contribution in [-0.4, -0.2) is 0 Å². The van der Waals surface area contributed by atoms with Gasteiger partial charge in [-0.15, -0.1) is 0 Å². The van der Waals surface area contributed by atoms with E-state index >= 15 is 0 Å². The molecule has 2 aliphatic rings. The van der Waals surface area contributed by atoms with Crippen LogP contribution < -0.4 is 4.74 Å². The lowest BCUT2D eigenvalue weighted by Crippen LogP contribution is -2.34. The predicted octanol–water partition coefficient (Wildman–Crippen LogP) is 11.2. The molecule has 1 heteroatoms. The smallest absolute Gasteiger partial charge is 0.132 e. The Morgan fingerprint density at radius 1 is 0.370 bits per heavy atom. The Labute approximate surface area is 270 Å². The average molecular weight is 589 g/mol. The highest BCUT2D eigenvalue weighted by Crippen LogP contribution is 2.57. The number of rotatable bonds is 4. The van der Waals surface area contributed by atoms with Crippen molar-refractivity contribution in [3.8, 4) is 33.8 Å². The first kappa shape index (κ1) is 26.7. The second kappa shape index (κ2) is 10.2. The van der Waals surface area contributed by atoms with Gasteiger partial charge in [0.1, 0.15) is 11.5 Å². The van der Waals surface area contributed by atoms with Crippen LogP contribution in [0.15, 0.2) is 176 Å². The van der Waals surface area contributed by atoms with Crippen molar-refractivity contribution in [2.45, 2.75) is 17.8 Å².